The van der Waals surface area contributed by atoms with Crippen LogP contribution < -0.4 is 5.32 Å². The van der Waals surface area contributed by atoms with Crippen LogP contribution in [0.15, 0.2) is 0 Å². The Bertz CT molecular complexity index is 76.4. The standard InChI is InChI=1S/C4H7FNO2/c1-6-4(7)8-3-2-5/h1-3H2,(H,6,7). The first-order valence-electron chi connectivity index (χ1n) is 2.07. The van der Waals surface area contributed by atoms with Gasteiger partial charge in [-0.3, -0.25) is 0 Å². The number of rotatable bonds is 2. The fourth-order valence-electron chi connectivity index (χ4n) is 0.182. The Hall–Kier alpha value is -0.800. The van der Waals surface area contributed by atoms with E-state index in [1.807, 2.05) is 5.32 Å². The zero-order chi connectivity index (χ0) is 6.41. The molecule has 0 aliphatic heterocycles. The van der Waals surface area contributed by atoms with Gasteiger partial charge in [0, 0.05) is 7.05 Å². The van der Waals surface area contributed by atoms with Crippen LogP contribution in [0.2, 0.25) is 0 Å². The highest BCUT2D eigenvalue weighted by molar-refractivity contribution is 5.67. The van der Waals surface area contributed by atoms with E-state index in [-0.39, 0.29) is 6.61 Å². The van der Waals surface area contributed by atoms with Crippen LogP contribution in [0.4, 0.5) is 9.18 Å². The van der Waals surface area contributed by atoms with Gasteiger partial charge in [-0.1, -0.05) is 0 Å². The van der Waals surface area contributed by atoms with E-state index in [0.717, 1.165) is 0 Å². The third kappa shape index (κ3) is 3.39. The van der Waals surface area contributed by atoms with E-state index >= 15 is 0 Å². The van der Waals surface area contributed by atoms with Crippen LogP contribution >= 0.6 is 0 Å². The average molecular weight is 120 g/mol. The Balaban J connectivity index is 2.99. The van der Waals surface area contributed by atoms with Gasteiger partial charge in [-0.15, -0.1) is 0 Å². The topological polar surface area (TPSA) is 38.3 Å². The highest BCUT2D eigenvalue weighted by atomic mass is 19.1. The number of halogens is 1. The first-order valence-corrected chi connectivity index (χ1v) is 2.07. The minimum atomic E-state index is -0.706. The molecule has 0 saturated carbocycles. The highest BCUT2D eigenvalue weighted by Crippen LogP contribution is 1.75. The second-order valence-corrected chi connectivity index (χ2v) is 1.00. The predicted molar refractivity (Wildman–Crippen MR) is 25.8 cm³/mol. The van der Waals surface area contributed by atoms with E-state index in [9.17, 15) is 9.18 Å². The Morgan fingerprint density at radius 3 is 2.88 bits per heavy atom. The van der Waals surface area contributed by atoms with Crippen LogP contribution in [-0.4, -0.2) is 19.4 Å². The molecule has 0 aromatic rings. The predicted octanol–water partition coefficient (Wildman–Crippen LogP) is 0.474. The SMILES string of the molecule is [CH2]NC(=O)OCCF. The fraction of sp³-hybridized carbons (Fsp3) is 0.500. The Labute approximate surface area is 46.8 Å². The average Bonchev–Trinajstić information content (AvgIpc) is 1.83. The minimum absolute atomic E-state index is 0.207. The molecule has 0 bridgehead atoms. The molecule has 0 saturated heterocycles. The van der Waals surface area contributed by atoms with Gasteiger partial charge < -0.3 is 10.1 Å². The molecule has 0 spiro atoms. The number of hydrogen-bond donors (Lipinski definition) is 1. The van der Waals surface area contributed by atoms with Crippen molar-refractivity contribution in [1.82, 2.24) is 5.32 Å². The number of carbonyl (C=O) groups excluding carboxylic acids is 1. The summed E-state index contributed by atoms with van der Waals surface area (Å²) in [6, 6.07) is 0. The van der Waals surface area contributed by atoms with Crippen molar-refractivity contribution in [3.63, 3.8) is 0 Å². The second kappa shape index (κ2) is 4.36. The van der Waals surface area contributed by atoms with Gasteiger partial charge in [-0.25, -0.2) is 9.18 Å². The van der Waals surface area contributed by atoms with Gasteiger partial charge in [-0.05, 0) is 0 Å². The molecular formula is C4H7FNO2. The van der Waals surface area contributed by atoms with E-state index in [0.29, 0.717) is 0 Å². The lowest BCUT2D eigenvalue weighted by Crippen LogP contribution is -2.18. The first-order chi connectivity index (χ1) is 3.81. The van der Waals surface area contributed by atoms with Gasteiger partial charge in [0.05, 0.1) is 0 Å². The Morgan fingerprint density at radius 1 is 1.88 bits per heavy atom. The summed E-state index contributed by atoms with van der Waals surface area (Å²) in [5, 5.41) is 1.92. The van der Waals surface area contributed by atoms with Crippen molar-refractivity contribution < 1.29 is 13.9 Å². The summed E-state index contributed by atoms with van der Waals surface area (Å²) in [6.45, 7) is -0.866. The monoisotopic (exact) mass is 120 g/mol. The highest BCUT2D eigenvalue weighted by Gasteiger charge is 1.93. The molecule has 4 heteroatoms. The maximum atomic E-state index is 11.2. The van der Waals surface area contributed by atoms with E-state index in [4.69, 9.17) is 0 Å². The molecule has 0 fully saturated rings. The van der Waals surface area contributed by atoms with Gasteiger partial charge in [-0.2, -0.15) is 0 Å². The molecular weight excluding hydrogens is 113 g/mol. The van der Waals surface area contributed by atoms with Crippen LogP contribution in [0.1, 0.15) is 0 Å². The van der Waals surface area contributed by atoms with Gasteiger partial charge in [0.15, 0.2) is 0 Å². The second-order valence-electron chi connectivity index (χ2n) is 1.00. The fourth-order valence-corrected chi connectivity index (χ4v) is 0.182. The molecule has 0 atom stereocenters. The third-order valence-corrected chi connectivity index (χ3v) is 0.455. The number of nitrogens with one attached hydrogen (secondary N) is 1. The molecule has 0 aromatic carbocycles. The Kier molecular flexibility index (Phi) is 3.93. The molecule has 8 heavy (non-hydrogen) atoms. The van der Waals surface area contributed by atoms with Crippen LogP contribution in [-0.2, 0) is 4.74 Å². The summed E-state index contributed by atoms with van der Waals surface area (Å²) in [5.41, 5.74) is 0. The number of amides is 1. The van der Waals surface area contributed by atoms with Crippen molar-refractivity contribution in [3.8, 4) is 0 Å². The van der Waals surface area contributed by atoms with E-state index in [2.05, 4.69) is 11.8 Å². The first kappa shape index (κ1) is 7.20. The molecule has 1 radical (unpaired) electrons. The number of carbonyl (C=O) groups is 1. The number of hydrogen-bond acceptors (Lipinski definition) is 2. The summed E-state index contributed by atoms with van der Waals surface area (Å²) in [7, 11) is 2.99. The van der Waals surface area contributed by atoms with E-state index in [1.165, 1.54) is 0 Å². The normalized spacial score (nSPS) is 8.25. The lowest BCUT2D eigenvalue weighted by Gasteiger charge is -1.97. The zero-order valence-corrected chi connectivity index (χ0v) is 4.32. The molecule has 0 heterocycles. The Morgan fingerprint density at radius 2 is 2.50 bits per heavy atom. The molecule has 1 amide bonds. The molecule has 0 aliphatic carbocycles. The minimum Gasteiger partial charge on any atom is -0.447 e. The molecule has 0 rings (SSSR count). The number of alkyl carbamates (subject to hydrolysis) is 1. The molecule has 3 nitrogen and oxygen atoms in total. The van der Waals surface area contributed by atoms with Crippen LogP contribution in [0.5, 0.6) is 0 Å². The summed E-state index contributed by atoms with van der Waals surface area (Å²) < 4.78 is 15.3. The maximum absolute atomic E-state index is 11.2. The van der Waals surface area contributed by atoms with Gasteiger partial charge >= 0.3 is 6.09 Å². The lowest BCUT2D eigenvalue weighted by atomic mass is 10.8. The van der Waals surface area contributed by atoms with E-state index in [1.54, 1.807) is 0 Å². The maximum Gasteiger partial charge on any atom is 0.407 e. The summed E-state index contributed by atoms with van der Waals surface area (Å²) >= 11 is 0. The quantitative estimate of drug-likeness (QED) is 0.575. The van der Waals surface area contributed by atoms with Crippen molar-refractivity contribution in [1.29, 1.82) is 0 Å². The molecule has 47 valence electrons. The van der Waals surface area contributed by atoms with Gasteiger partial charge in [0.25, 0.3) is 0 Å². The van der Waals surface area contributed by atoms with Crippen molar-refractivity contribution >= 4 is 6.09 Å². The smallest absolute Gasteiger partial charge is 0.407 e. The summed E-state index contributed by atoms with van der Waals surface area (Å²) in [6.07, 6.45) is -0.706. The van der Waals surface area contributed by atoms with Gasteiger partial charge in [0.1, 0.15) is 13.3 Å². The third-order valence-electron chi connectivity index (χ3n) is 0.455. The summed E-state index contributed by atoms with van der Waals surface area (Å²) in [5.74, 6) is 0. The van der Waals surface area contributed by atoms with Crippen molar-refractivity contribution in [2.45, 2.75) is 0 Å². The molecule has 0 aromatic heterocycles. The van der Waals surface area contributed by atoms with E-state index < -0.39 is 12.8 Å². The lowest BCUT2D eigenvalue weighted by molar-refractivity contribution is 0.141. The number of alkyl halides is 1. The van der Waals surface area contributed by atoms with Crippen LogP contribution in [0.3, 0.4) is 0 Å². The largest absolute Gasteiger partial charge is 0.447 e. The number of ether oxygens (including phenoxy) is 1. The molecule has 0 aliphatic rings. The van der Waals surface area contributed by atoms with Crippen LogP contribution in [0.25, 0.3) is 0 Å². The molecule has 0 unspecified atom stereocenters. The molecule has 1 N–H and O–H groups in total. The van der Waals surface area contributed by atoms with Crippen LogP contribution in [0, 0.1) is 7.05 Å². The van der Waals surface area contributed by atoms with Crippen molar-refractivity contribution in [2.24, 2.45) is 0 Å². The van der Waals surface area contributed by atoms with Crippen molar-refractivity contribution in [2.75, 3.05) is 13.3 Å². The zero-order valence-electron chi connectivity index (χ0n) is 4.32. The summed E-state index contributed by atoms with van der Waals surface area (Å²) in [4.78, 5) is 10.0. The van der Waals surface area contributed by atoms with Crippen molar-refractivity contribution in [3.05, 3.63) is 7.05 Å². The van der Waals surface area contributed by atoms with Gasteiger partial charge in [0.2, 0.25) is 0 Å².